The first kappa shape index (κ1) is 23.1. The zero-order valence-electron chi connectivity index (χ0n) is 20.3. The molecular weight excluding hydrogens is 416 g/mol. The number of fused-ring (bicyclic) bond motifs is 3. The maximum absolute atomic E-state index is 13.7. The molecule has 176 valence electrons. The Kier molecular flexibility index (Phi) is 6.37. The fraction of sp³-hybridized carbons (Fsp3) is 0.481. The summed E-state index contributed by atoms with van der Waals surface area (Å²) >= 11 is 0. The molecule has 0 N–H and O–H groups in total. The lowest BCUT2D eigenvalue weighted by Crippen LogP contribution is -2.50. The Morgan fingerprint density at radius 3 is 2.52 bits per heavy atom. The van der Waals surface area contributed by atoms with Gasteiger partial charge in [-0.25, -0.2) is 4.79 Å². The van der Waals surface area contributed by atoms with Gasteiger partial charge < -0.3 is 19.3 Å². The van der Waals surface area contributed by atoms with Gasteiger partial charge >= 0.3 is 6.09 Å². The predicted octanol–water partition coefficient (Wildman–Crippen LogP) is 4.80. The van der Waals surface area contributed by atoms with Crippen LogP contribution in [0.25, 0.3) is 0 Å². The van der Waals surface area contributed by atoms with Gasteiger partial charge in [0.05, 0.1) is 12.6 Å². The fourth-order valence-electron chi connectivity index (χ4n) is 4.90. The number of hydrogen-bond acceptors (Lipinski definition) is 4. The Balaban J connectivity index is 1.62. The molecule has 2 amide bonds. The number of likely N-dealkylation sites (tertiary alicyclic amines) is 1. The van der Waals surface area contributed by atoms with E-state index in [1.54, 1.807) is 4.90 Å². The lowest BCUT2D eigenvalue weighted by atomic mass is 9.81. The minimum Gasteiger partial charge on any atom is -0.492 e. The highest BCUT2D eigenvalue weighted by atomic mass is 16.6. The average Bonchev–Trinajstić information content (AvgIpc) is 3.21. The van der Waals surface area contributed by atoms with Crippen molar-refractivity contribution in [2.75, 3.05) is 26.2 Å². The van der Waals surface area contributed by atoms with Crippen molar-refractivity contribution < 1.29 is 19.1 Å². The molecule has 0 saturated carbocycles. The number of benzene rings is 2. The normalized spacial score (nSPS) is 19.8. The number of aryl methyl sites for hydroxylation is 2. The third-order valence-electron chi connectivity index (χ3n) is 6.39. The first-order valence-electron chi connectivity index (χ1n) is 11.8. The Morgan fingerprint density at radius 2 is 1.85 bits per heavy atom. The second-order valence-corrected chi connectivity index (χ2v) is 9.95. The lowest BCUT2D eigenvalue weighted by Gasteiger charge is -2.38. The van der Waals surface area contributed by atoms with Crippen LogP contribution in [0.2, 0.25) is 0 Å². The minimum atomic E-state index is -0.562. The number of para-hydroxylation sites is 1. The van der Waals surface area contributed by atoms with Crippen LogP contribution in [0.1, 0.15) is 60.7 Å². The number of rotatable bonds is 5. The Morgan fingerprint density at radius 1 is 1.12 bits per heavy atom. The summed E-state index contributed by atoms with van der Waals surface area (Å²) in [6, 6.07) is 13.8. The van der Waals surface area contributed by atoms with E-state index in [0.717, 1.165) is 28.9 Å². The van der Waals surface area contributed by atoms with Gasteiger partial charge in [-0.15, -0.1) is 0 Å². The molecule has 0 aromatic heterocycles. The zero-order valence-corrected chi connectivity index (χ0v) is 20.3. The number of hydrogen-bond donors (Lipinski definition) is 0. The summed E-state index contributed by atoms with van der Waals surface area (Å²) < 4.78 is 11.5. The van der Waals surface area contributed by atoms with Crippen LogP contribution in [0.15, 0.2) is 42.5 Å². The topological polar surface area (TPSA) is 59.1 Å². The molecule has 2 atom stereocenters. The molecule has 1 saturated heterocycles. The molecule has 2 aromatic carbocycles. The summed E-state index contributed by atoms with van der Waals surface area (Å²) in [4.78, 5) is 30.2. The van der Waals surface area contributed by atoms with Crippen LogP contribution >= 0.6 is 0 Å². The van der Waals surface area contributed by atoms with E-state index in [9.17, 15) is 9.59 Å². The highest BCUT2D eigenvalue weighted by Gasteiger charge is 2.47. The maximum atomic E-state index is 13.7. The molecule has 0 radical (unpaired) electrons. The standard InChI is InChI=1S/C27H34N2O4/c1-6-19-14-18(2)24-21(15-19)22-16-28(26(31)33-27(3,4)5)17-23(22)29(25(24)30)12-13-32-20-10-8-7-9-11-20/h7-11,14-15,22-23H,6,12-13,16-17H2,1-5H3/t22-,23+/m0/s1. The van der Waals surface area contributed by atoms with E-state index in [1.807, 2.05) is 62.9 Å². The summed E-state index contributed by atoms with van der Waals surface area (Å²) in [7, 11) is 0. The molecule has 0 spiro atoms. The highest BCUT2D eigenvalue weighted by molar-refractivity contribution is 5.99. The van der Waals surface area contributed by atoms with Crippen LogP contribution in [-0.4, -0.2) is 59.7 Å². The number of carbonyl (C=O) groups is 2. The summed E-state index contributed by atoms with van der Waals surface area (Å²) in [5.41, 5.74) is 3.49. The molecule has 1 fully saturated rings. The van der Waals surface area contributed by atoms with Crippen LogP contribution < -0.4 is 4.74 Å². The third kappa shape index (κ3) is 4.85. The summed E-state index contributed by atoms with van der Waals surface area (Å²) in [5.74, 6) is 0.866. The molecular formula is C27H34N2O4. The summed E-state index contributed by atoms with van der Waals surface area (Å²) in [5, 5.41) is 0. The molecule has 0 aliphatic carbocycles. The van der Waals surface area contributed by atoms with Crippen LogP contribution in [0.3, 0.4) is 0 Å². The molecule has 6 nitrogen and oxygen atoms in total. The Hall–Kier alpha value is -3.02. The van der Waals surface area contributed by atoms with Crippen LogP contribution in [-0.2, 0) is 11.2 Å². The SMILES string of the molecule is CCc1cc(C)c2c(c1)[C@@H]1CN(C(=O)OC(C)(C)C)C[C@H]1N(CCOc1ccccc1)C2=O. The third-order valence-corrected chi connectivity index (χ3v) is 6.39. The van der Waals surface area contributed by atoms with Crippen LogP contribution in [0, 0.1) is 6.92 Å². The van der Waals surface area contributed by atoms with Crippen LogP contribution in [0.5, 0.6) is 5.75 Å². The predicted molar refractivity (Wildman–Crippen MR) is 128 cm³/mol. The Labute approximate surface area is 196 Å². The van der Waals surface area contributed by atoms with Gasteiger partial charge in [-0.2, -0.15) is 0 Å². The molecule has 2 aliphatic rings. The first-order chi connectivity index (χ1) is 15.7. The van der Waals surface area contributed by atoms with Gasteiger partial charge in [-0.1, -0.05) is 37.3 Å². The lowest BCUT2D eigenvalue weighted by molar-refractivity contribution is 0.0273. The largest absolute Gasteiger partial charge is 0.492 e. The van der Waals surface area contributed by atoms with Gasteiger partial charge in [0.2, 0.25) is 0 Å². The second-order valence-electron chi connectivity index (χ2n) is 9.95. The van der Waals surface area contributed by atoms with E-state index < -0.39 is 5.60 Å². The van der Waals surface area contributed by atoms with Gasteiger partial charge in [0, 0.05) is 24.6 Å². The van der Waals surface area contributed by atoms with Crippen LogP contribution in [0.4, 0.5) is 4.79 Å². The molecule has 0 unspecified atom stereocenters. The van der Waals surface area contributed by atoms with E-state index in [1.165, 1.54) is 5.56 Å². The quantitative estimate of drug-likeness (QED) is 0.657. The smallest absolute Gasteiger partial charge is 0.410 e. The van der Waals surface area contributed by atoms with Gasteiger partial charge in [-0.3, -0.25) is 4.79 Å². The van der Waals surface area contributed by atoms with Crippen molar-refractivity contribution in [1.29, 1.82) is 0 Å². The van der Waals surface area contributed by atoms with E-state index in [4.69, 9.17) is 9.47 Å². The molecule has 2 heterocycles. The molecule has 4 rings (SSSR count). The summed E-state index contributed by atoms with van der Waals surface area (Å²) in [6.45, 7) is 11.6. The molecule has 2 aliphatic heterocycles. The van der Waals surface area contributed by atoms with Gasteiger partial charge in [-0.05, 0) is 62.9 Å². The van der Waals surface area contributed by atoms with Gasteiger partial charge in [0.15, 0.2) is 0 Å². The summed E-state index contributed by atoms with van der Waals surface area (Å²) in [6.07, 6.45) is 0.583. The number of nitrogens with zero attached hydrogens (tertiary/aromatic N) is 2. The van der Waals surface area contributed by atoms with Crippen molar-refractivity contribution in [3.8, 4) is 5.75 Å². The minimum absolute atomic E-state index is 0.0223. The van der Waals surface area contributed by atoms with Crippen molar-refractivity contribution >= 4 is 12.0 Å². The fourth-order valence-corrected chi connectivity index (χ4v) is 4.90. The van der Waals surface area contributed by atoms with Gasteiger partial charge in [0.1, 0.15) is 18.0 Å². The Bertz CT molecular complexity index is 1030. The van der Waals surface area contributed by atoms with Crippen molar-refractivity contribution in [1.82, 2.24) is 9.80 Å². The second kappa shape index (κ2) is 9.08. The van der Waals surface area contributed by atoms with E-state index in [0.29, 0.717) is 26.2 Å². The first-order valence-corrected chi connectivity index (χ1v) is 11.8. The molecule has 0 bridgehead atoms. The average molecular weight is 451 g/mol. The zero-order chi connectivity index (χ0) is 23.8. The van der Waals surface area contributed by atoms with Gasteiger partial charge in [0.25, 0.3) is 5.91 Å². The number of ether oxygens (including phenoxy) is 2. The van der Waals surface area contributed by atoms with Crippen molar-refractivity contribution in [2.24, 2.45) is 0 Å². The number of amides is 2. The number of carbonyl (C=O) groups excluding carboxylic acids is 2. The van der Waals surface area contributed by atoms with Crippen molar-refractivity contribution in [3.63, 3.8) is 0 Å². The maximum Gasteiger partial charge on any atom is 0.410 e. The van der Waals surface area contributed by atoms with E-state index >= 15 is 0 Å². The highest BCUT2D eigenvalue weighted by Crippen LogP contribution is 2.40. The van der Waals surface area contributed by atoms with E-state index in [2.05, 4.69) is 19.1 Å². The molecule has 6 heteroatoms. The molecule has 33 heavy (non-hydrogen) atoms. The van der Waals surface area contributed by atoms with Crippen molar-refractivity contribution in [3.05, 3.63) is 64.7 Å². The van der Waals surface area contributed by atoms with E-state index in [-0.39, 0.29) is 24.0 Å². The molecule has 2 aromatic rings. The monoisotopic (exact) mass is 450 g/mol. The van der Waals surface area contributed by atoms with Crippen molar-refractivity contribution in [2.45, 2.75) is 58.6 Å².